The topological polar surface area (TPSA) is 66.9 Å². The Morgan fingerprint density at radius 3 is 2.75 bits per heavy atom. The van der Waals surface area contributed by atoms with Gasteiger partial charge in [-0.2, -0.15) is 0 Å². The van der Waals surface area contributed by atoms with Crippen molar-refractivity contribution in [3.63, 3.8) is 0 Å². The van der Waals surface area contributed by atoms with Crippen LogP contribution in [0.1, 0.15) is 11.1 Å². The highest BCUT2D eigenvalue weighted by Crippen LogP contribution is 2.27. The molecule has 1 heterocycles. The van der Waals surface area contributed by atoms with Crippen molar-refractivity contribution in [2.75, 3.05) is 5.32 Å². The van der Waals surface area contributed by atoms with Crippen molar-refractivity contribution in [1.29, 1.82) is 0 Å². The monoisotopic (exact) mass is 347 g/mol. The number of benzene rings is 2. The van der Waals surface area contributed by atoms with Crippen molar-refractivity contribution in [3.05, 3.63) is 62.8 Å². The maximum atomic E-state index is 13.2. The molecule has 0 atom stereocenters. The average Bonchev–Trinajstić information content (AvgIpc) is 2.78. The minimum atomic E-state index is -0.475. The molecule has 1 aromatic heterocycles. The van der Waals surface area contributed by atoms with E-state index in [0.717, 1.165) is 11.1 Å². The van der Waals surface area contributed by atoms with E-state index in [1.807, 2.05) is 19.9 Å². The summed E-state index contributed by atoms with van der Waals surface area (Å²) in [6.07, 6.45) is 0. The van der Waals surface area contributed by atoms with E-state index in [-0.39, 0.29) is 6.54 Å². The molecule has 1 amide bonds. The zero-order chi connectivity index (χ0) is 17.4. The molecule has 0 unspecified atom stereocenters. The standard InChI is InChI=1S/C17H15ClFN3O2/c1-9-5-10(2)16(12(18)6-9)21-15(23)8-22-14-4-3-11(19)7-13(14)20-17(22)24/h3-7H,8H2,1-2H3,(H,20,24)(H,21,23). The highest BCUT2D eigenvalue weighted by atomic mass is 35.5. The van der Waals surface area contributed by atoms with Crippen LogP contribution in [-0.2, 0) is 11.3 Å². The van der Waals surface area contributed by atoms with Crippen LogP contribution in [0.2, 0.25) is 5.02 Å². The van der Waals surface area contributed by atoms with Crippen molar-refractivity contribution in [1.82, 2.24) is 9.55 Å². The predicted octanol–water partition coefficient (Wildman–Crippen LogP) is 3.38. The summed E-state index contributed by atoms with van der Waals surface area (Å²) < 4.78 is 14.5. The third-order valence-corrected chi connectivity index (χ3v) is 4.03. The zero-order valence-corrected chi connectivity index (χ0v) is 13.9. The number of rotatable bonds is 3. The molecule has 3 aromatic rings. The molecule has 0 saturated carbocycles. The number of carbonyl (C=O) groups is 1. The summed E-state index contributed by atoms with van der Waals surface area (Å²) in [7, 11) is 0. The number of nitrogens with one attached hydrogen (secondary N) is 2. The third-order valence-electron chi connectivity index (χ3n) is 3.73. The Balaban J connectivity index is 1.89. The molecule has 0 aliphatic heterocycles. The molecule has 0 aliphatic rings. The molecule has 0 spiro atoms. The predicted molar refractivity (Wildman–Crippen MR) is 92.1 cm³/mol. The average molecular weight is 348 g/mol. The Morgan fingerprint density at radius 2 is 2.04 bits per heavy atom. The van der Waals surface area contributed by atoms with Crippen LogP contribution in [0.15, 0.2) is 35.1 Å². The molecule has 3 rings (SSSR count). The minimum Gasteiger partial charge on any atom is -0.323 e. The number of hydrogen-bond donors (Lipinski definition) is 2. The number of anilines is 1. The molecule has 0 fully saturated rings. The van der Waals surface area contributed by atoms with Gasteiger partial charge in [-0.3, -0.25) is 9.36 Å². The molecular weight excluding hydrogens is 333 g/mol. The van der Waals surface area contributed by atoms with E-state index in [2.05, 4.69) is 10.3 Å². The molecule has 5 nitrogen and oxygen atoms in total. The lowest BCUT2D eigenvalue weighted by atomic mass is 10.1. The molecule has 2 aromatic carbocycles. The van der Waals surface area contributed by atoms with E-state index >= 15 is 0 Å². The second-order valence-corrected chi connectivity index (χ2v) is 6.07. The molecule has 0 bridgehead atoms. The number of halogens is 2. The summed E-state index contributed by atoms with van der Waals surface area (Å²) in [4.78, 5) is 26.8. The van der Waals surface area contributed by atoms with Gasteiger partial charge in [0, 0.05) is 0 Å². The number of fused-ring (bicyclic) bond motifs is 1. The summed E-state index contributed by atoms with van der Waals surface area (Å²) >= 11 is 6.17. The van der Waals surface area contributed by atoms with Gasteiger partial charge in [-0.15, -0.1) is 0 Å². The SMILES string of the molecule is Cc1cc(C)c(NC(=O)Cn2c(=O)[nH]c3cc(F)ccc32)c(Cl)c1. The lowest BCUT2D eigenvalue weighted by Crippen LogP contribution is -2.26. The lowest BCUT2D eigenvalue weighted by molar-refractivity contribution is -0.116. The maximum Gasteiger partial charge on any atom is 0.326 e. The third kappa shape index (κ3) is 3.05. The zero-order valence-electron chi connectivity index (χ0n) is 13.1. The summed E-state index contributed by atoms with van der Waals surface area (Å²) in [5.74, 6) is -0.849. The summed E-state index contributed by atoms with van der Waals surface area (Å²) in [5, 5.41) is 3.17. The van der Waals surface area contributed by atoms with Crippen LogP contribution in [0, 0.1) is 19.7 Å². The second kappa shape index (κ2) is 6.13. The Labute approximate surface area is 142 Å². The van der Waals surface area contributed by atoms with Crippen molar-refractivity contribution >= 4 is 34.2 Å². The lowest BCUT2D eigenvalue weighted by Gasteiger charge is -2.12. The second-order valence-electron chi connectivity index (χ2n) is 5.66. The van der Waals surface area contributed by atoms with E-state index < -0.39 is 17.4 Å². The number of amides is 1. The highest BCUT2D eigenvalue weighted by molar-refractivity contribution is 6.34. The number of H-pyrrole nitrogens is 1. The summed E-state index contributed by atoms with van der Waals surface area (Å²) in [6.45, 7) is 3.55. The van der Waals surface area contributed by atoms with Gasteiger partial charge in [-0.1, -0.05) is 17.7 Å². The first-order valence-corrected chi connectivity index (χ1v) is 7.67. The number of nitrogens with zero attached hydrogens (tertiary/aromatic N) is 1. The molecule has 0 aliphatic carbocycles. The van der Waals surface area contributed by atoms with Crippen molar-refractivity contribution < 1.29 is 9.18 Å². The molecule has 7 heteroatoms. The van der Waals surface area contributed by atoms with Crippen LogP contribution >= 0.6 is 11.6 Å². The number of aryl methyl sites for hydroxylation is 2. The van der Waals surface area contributed by atoms with Crippen LogP contribution in [0.4, 0.5) is 10.1 Å². The van der Waals surface area contributed by atoms with E-state index in [1.165, 1.54) is 22.8 Å². The van der Waals surface area contributed by atoms with Crippen molar-refractivity contribution in [3.8, 4) is 0 Å². The fourth-order valence-corrected chi connectivity index (χ4v) is 3.06. The van der Waals surface area contributed by atoms with Gasteiger partial charge in [0.05, 0.1) is 21.7 Å². The number of aromatic nitrogens is 2. The first kappa shape index (κ1) is 16.3. The van der Waals surface area contributed by atoms with Crippen molar-refractivity contribution in [2.45, 2.75) is 20.4 Å². The molecule has 24 heavy (non-hydrogen) atoms. The summed E-state index contributed by atoms with van der Waals surface area (Å²) in [5.41, 5.74) is 2.68. The number of carbonyl (C=O) groups excluding carboxylic acids is 1. The molecule has 124 valence electrons. The normalized spacial score (nSPS) is 11.0. The maximum absolute atomic E-state index is 13.2. The fraction of sp³-hybridized carbons (Fsp3) is 0.176. The van der Waals surface area contributed by atoms with Crippen molar-refractivity contribution in [2.24, 2.45) is 0 Å². The van der Waals surface area contributed by atoms with Crippen LogP contribution < -0.4 is 11.0 Å². The van der Waals surface area contributed by atoms with E-state index in [9.17, 15) is 14.0 Å². The van der Waals surface area contributed by atoms with Gasteiger partial charge < -0.3 is 10.3 Å². The number of aromatic amines is 1. The molecule has 0 radical (unpaired) electrons. The minimum absolute atomic E-state index is 0.200. The van der Waals surface area contributed by atoms with E-state index in [1.54, 1.807) is 6.07 Å². The Morgan fingerprint density at radius 1 is 1.29 bits per heavy atom. The van der Waals surface area contributed by atoms with Crippen LogP contribution in [0.25, 0.3) is 11.0 Å². The van der Waals surface area contributed by atoms with E-state index in [0.29, 0.717) is 21.7 Å². The smallest absolute Gasteiger partial charge is 0.323 e. The Kier molecular flexibility index (Phi) is 4.15. The van der Waals surface area contributed by atoms with Gasteiger partial charge in [0.15, 0.2) is 0 Å². The Bertz CT molecular complexity index is 984. The first-order valence-electron chi connectivity index (χ1n) is 7.30. The van der Waals surface area contributed by atoms with Gasteiger partial charge in [0.2, 0.25) is 5.91 Å². The molecule has 2 N–H and O–H groups in total. The van der Waals surface area contributed by atoms with Crippen LogP contribution in [0.3, 0.4) is 0 Å². The molecule has 0 saturated heterocycles. The van der Waals surface area contributed by atoms with Gasteiger partial charge >= 0.3 is 5.69 Å². The van der Waals surface area contributed by atoms with Crippen LogP contribution in [0.5, 0.6) is 0 Å². The first-order chi connectivity index (χ1) is 11.3. The highest BCUT2D eigenvalue weighted by Gasteiger charge is 2.14. The number of imidazole rings is 1. The van der Waals surface area contributed by atoms with Gasteiger partial charge in [-0.25, -0.2) is 9.18 Å². The number of hydrogen-bond acceptors (Lipinski definition) is 2. The molecular formula is C17H15ClFN3O2. The fourth-order valence-electron chi connectivity index (χ4n) is 2.69. The van der Waals surface area contributed by atoms with Gasteiger partial charge in [-0.05, 0) is 49.2 Å². The van der Waals surface area contributed by atoms with Gasteiger partial charge in [0.25, 0.3) is 0 Å². The van der Waals surface area contributed by atoms with Crippen LogP contribution in [-0.4, -0.2) is 15.5 Å². The quantitative estimate of drug-likeness (QED) is 0.762. The van der Waals surface area contributed by atoms with E-state index in [4.69, 9.17) is 11.6 Å². The van der Waals surface area contributed by atoms with Gasteiger partial charge in [0.1, 0.15) is 12.4 Å². The largest absolute Gasteiger partial charge is 0.326 e. The Hall–Kier alpha value is -2.60. The summed E-state index contributed by atoms with van der Waals surface area (Å²) in [6, 6.07) is 7.57.